The number of rotatable bonds is 16. The number of aromatic nitrogens is 1. The molecule has 0 amide bonds. The van der Waals surface area contributed by atoms with Crippen LogP contribution in [0.4, 0.5) is 0 Å². The average molecular weight is 779 g/mol. The fraction of sp³-hybridized carbons (Fsp3) is 0.500. The van der Waals surface area contributed by atoms with Gasteiger partial charge in [0.25, 0.3) is 0 Å². The van der Waals surface area contributed by atoms with E-state index < -0.39 is 70.6 Å². The van der Waals surface area contributed by atoms with Crippen LogP contribution in [0.5, 0.6) is 0 Å². The van der Waals surface area contributed by atoms with E-state index in [1.54, 1.807) is 32.1 Å². The summed E-state index contributed by atoms with van der Waals surface area (Å²) < 4.78 is 0. The first-order chi connectivity index (χ1) is 26.2. The maximum Gasteiger partial charge on any atom is 0.304 e. The number of allylic oxidation sites excluding steroid dienone is 4. The van der Waals surface area contributed by atoms with Gasteiger partial charge in [-0.2, -0.15) is 0 Å². The summed E-state index contributed by atoms with van der Waals surface area (Å²) in [6, 6.07) is -1.23. The van der Waals surface area contributed by atoms with Gasteiger partial charge in [0.2, 0.25) is 0 Å². The summed E-state index contributed by atoms with van der Waals surface area (Å²) in [5.74, 6) is -7.67. The predicted molar refractivity (Wildman–Crippen MR) is 202 cm³/mol. The molecule has 6 atom stereocenters. The summed E-state index contributed by atoms with van der Waals surface area (Å²) in [6.45, 7) is 7.17. The zero-order valence-electron chi connectivity index (χ0n) is 31.8. The number of carboxylic acids is 6. The molecule has 5 rings (SSSR count). The van der Waals surface area contributed by atoms with Gasteiger partial charge >= 0.3 is 35.8 Å². The Morgan fingerprint density at radius 1 is 0.661 bits per heavy atom. The molecule has 2 saturated heterocycles. The molecule has 302 valence electrons. The van der Waals surface area contributed by atoms with Crippen molar-refractivity contribution >= 4 is 48.0 Å². The van der Waals surface area contributed by atoms with Crippen molar-refractivity contribution in [3.63, 3.8) is 0 Å². The van der Waals surface area contributed by atoms with Gasteiger partial charge in [0.05, 0.1) is 18.9 Å². The van der Waals surface area contributed by atoms with Crippen molar-refractivity contribution in [1.29, 1.82) is 0 Å². The standard InChI is InChI=1S/C40H50N4O12/c1-19-21(5-9-33(45)46)27-14-28-22(6-10-34(47)48)20(2)26(42-28)15-31-40(4,18-38(55)56)24(8-12-36(51)52)30(44-31)16-32-39(3,17-37(53)54)23(7-11-35(49)50)29(43-32)13-25(19)41-27/h13-16,23-25,30,41-44H,5-12,17-18H2,1-4H3,(H,45,46)(H,47,48)(H,49,50)(H,51,52)(H,53,54)(H,55,56). The molecule has 16 heteroatoms. The zero-order valence-corrected chi connectivity index (χ0v) is 31.8. The third kappa shape index (κ3) is 8.53. The van der Waals surface area contributed by atoms with Crippen LogP contribution in [0.1, 0.15) is 101 Å². The van der Waals surface area contributed by atoms with Crippen LogP contribution in [-0.2, 0) is 35.2 Å². The van der Waals surface area contributed by atoms with E-state index in [9.17, 15) is 59.4 Å². The van der Waals surface area contributed by atoms with E-state index in [0.717, 1.165) is 11.1 Å². The molecule has 2 fully saturated rings. The maximum atomic E-state index is 12.5. The topological polar surface area (TPSA) is 276 Å². The Kier molecular flexibility index (Phi) is 11.9. The fourth-order valence-electron chi connectivity index (χ4n) is 9.07. The zero-order chi connectivity index (χ0) is 41.3. The second-order valence-corrected chi connectivity index (χ2v) is 15.7. The number of hydrogen-bond donors (Lipinski definition) is 10. The number of H-pyrrole nitrogens is 1. The normalized spacial score (nSPS) is 26.6. The van der Waals surface area contributed by atoms with Crippen LogP contribution in [0.15, 0.2) is 46.1 Å². The Morgan fingerprint density at radius 2 is 1.25 bits per heavy atom. The lowest BCUT2D eigenvalue weighted by Gasteiger charge is -2.33. The molecule has 6 unspecified atom stereocenters. The second-order valence-electron chi connectivity index (χ2n) is 15.7. The molecule has 1 aromatic rings. The third-order valence-electron chi connectivity index (χ3n) is 12.1. The SMILES string of the molecule is CC1=C(CCC(=O)O)C2=Cc3[nH]c(c(C)c3CCC(=O)O)C=C3NC(C=C4NC(=CC1N2)C(CCC(=O)O)C4(C)CC(=O)O)C(CCC(=O)O)C3(C)CC(=O)O. The van der Waals surface area contributed by atoms with Crippen LogP contribution in [-0.4, -0.2) is 83.5 Å². The van der Waals surface area contributed by atoms with Crippen LogP contribution in [0.3, 0.4) is 0 Å². The quantitative estimate of drug-likeness (QED) is 0.111. The average Bonchev–Trinajstić information content (AvgIpc) is 3.70. The number of carboxylic acid groups (broad SMARTS) is 6. The summed E-state index contributed by atoms with van der Waals surface area (Å²) in [6.07, 6.45) is 5.98. The third-order valence-corrected chi connectivity index (χ3v) is 12.1. The highest BCUT2D eigenvalue weighted by Crippen LogP contribution is 2.53. The number of nitrogens with one attached hydrogen (secondary N) is 4. The Morgan fingerprint density at radius 3 is 1.86 bits per heavy atom. The van der Waals surface area contributed by atoms with Gasteiger partial charge in [-0.15, -0.1) is 0 Å². The Bertz CT molecular complexity index is 2000. The molecule has 10 N–H and O–H groups in total. The van der Waals surface area contributed by atoms with Gasteiger partial charge in [-0.3, -0.25) is 28.8 Å². The predicted octanol–water partition coefficient (Wildman–Crippen LogP) is 4.46. The first kappa shape index (κ1) is 41.4. The van der Waals surface area contributed by atoms with Crippen LogP contribution in [0.2, 0.25) is 0 Å². The van der Waals surface area contributed by atoms with Crippen LogP contribution >= 0.6 is 0 Å². The maximum absolute atomic E-state index is 12.5. The summed E-state index contributed by atoms with van der Waals surface area (Å²) in [5, 5.41) is 69.6. The van der Waals surface area contributed by atoms with Crippen molar-refractivity contribution < 1.29 is 59.4 Å². The van der Waals surface area contributed by atoms with E-state index in [0.29, 0.717) is 45.3 Å². The fourth-order valence-corrected chi connectivity index (χ4v) is 9.07. The van der Waals surface area contributed by atoms with Crippen molar-refractivity contribution in [1.82, 2.24) is 20.9 Å². The number of aliphatic carboxylic acids is 6. The number of carbonyl (C=O) groups is 6. The lowest BCUT2D eigenvalue weighted by atomic mass is 9.68. The molecule has 16 nitrogen and oxygen atoms in total. The van der Waals surface area contributed by atoms with Crippen molar-refractivity contribution in [3.05, 3.63) is 68.6 Å². The Balaban J connectivity index is 1.84. The molecule has 0 spiro atoms. The highest BCUT2D eigenvalue weighted by Gasteiger charge is 2.52. The number of aromatic amines is 1. The highest BCUT2D eigenvalue weighted by atomic mass is 16.4. The first-order valence-electron chi connectivity index (χ1n) is 18.6. The number of fused-ring (bicyclic) bond motifs is 8. The van der Waals surface area contributed by atoms with E-state index in [-0.39, 0.29) is 64.2 Å². The van der Waals surface area contributed by atoms with Gasteiger partial charge in [0.15, 0.2) is 0 Å². The van der Waals surface area contributed by atoms with Gasteiger partial charge in [0, 0.05) is 82.6 Å². The van der Waals surface area contributed by atoms with E-state index >= 15 is 0 Å². The lowest BCUT2D eigenvalue weighted by Crippen LogP contribution is -2.34. The molecule has 5 heterocycles. The molecule has 0 saturated carbocycles. The summed E-state index contributed by atoms with van der Waals surface area (Å²) in [5.41, 5.74) is 3.75. The first-order valence-corrected chi connectivity index (χ1v) is 18.6. The smallest absolute Gasteiger partial charge is 0.304 e. The van der Waals surface area contributed by atoms with E-state index in [4.69, 9.17) is 0 Å². The van der Waals surface area contributed by atoms with Crippen molar-refractivity contribution in [2.45, 2.75) is 104 Å². The van der Waals surface area contributed by atoms with Crippen molar-refractivity contribution in [3.8, 4) is 0 Å². The molecule has 1 aromatic heterocycles. The summed E-state index contributed by atoms with van der Waals surface area (Å²) in [4.78, 5) is 75.9. The van der Waals surface area contributed by atoms with Gasteiger partial charge in [0.1, 0.15) is 0 Å². The number of hydrogen-bond acceptors (Lipinski definition) is 9. The molecule has 0 radical (unpaired) electrons. The molecule has 8 bridgehead atoms. The molecule has 56 heavy (non-hydrogen) atoms. The minimum absolute atomic E-state index is 0.0682. The molecule has 0 aromatic carbocycles. The molecule has 0 aliphatic carbocycles. The lowest BCUT2D eigenvalue weighted by molar-refractivity contribution is -0.141. The molecule has 4 aliphatic heterocycles. The monoisotopic (exact) mass is 778 g/mol. The minimum Gasteiger partial charge on any atom is -0.481 e. The highest BCUT2D eigenvalue weighted by molar-refractivity contribution is 5.74. The van der Waals surface area contributed by atoms with E-state index in [1.165, 1.54) is 0 Å². The van der Waals surface area contributed by atoms with Gasteiger partial charge in [-0.05, 0) is 92.0 Å². The largest absolute Gasteiger partial charge is 0.481 e. The summed E-state index contributed by atoms with van der Waals surface area (Å²) in [7, 11) is 0. The molecular weight excluding hydrogens is 728 g/mol. The van der Waals surface area contributed by atoms with Crippen molar-refractivity contribution in [2.75, 3.05) is 0 Å². The second kappa shape index (κ2) is 16.1. The van der Waals surface area contributed by atoms with Gasteiger partial charge < -0.3 is 51.6 Å². The Hall–Kier alpha value is -5.80. The summed E-state index contributed by atoms with van der Waals surface area (Å²) >= 11 is 0. The van der Waals surface area contributed by atoms with Gasteiger partial charge in [-0.25, -0.2) is 0 Å². The van der Waals surface area contributed by atoms with E-state index in [1.807, 2.05) is 19.9 Å². The van der Waals surface area contributed by atoms with Crippen LogP contribution in [0, 0.1) is 29.6 Å². The van der Waals surface area contributed by atoms with Crippen molar-refractivity contribution in [2.24, 2.45) is 22.7 Å². The van der Waals surface area contributed by atoms with Crippen LogP contribution < -0.4 is 16.0 Å². The minimum atomic E-state index is -1.18. The molecule has 4 aliphatic rings. The van der Waals surface area contributed by atoms with E-state index in [2.05, 4.69) is 20.9 Å². The van der Waals surface area contributed by atoms with Gasteiger partial charge in [-0.1, -0.05) is 13.8 Å². The Labute approximate surface area is 323 Å². The molecular formula is C40H50N4O12. The van der Waals surface area contributed by atoms with Crippen LogP contribution in [0.25, 0.3) is 12.2 Å².